The standard InChI is InChI=1S/C58H36N4/c1-3-16-37(17-4-1)55-59-56(38-18-5-2-6-19-38)61-57(60-55)43-23-14-22-41(35-43)39-20-13-21-40(34-39)42-32-33-45-44-24-7-9-27-48(44)58(51(45)36-42)49-28-10-12-31-53(49)62-52-30-11-8-25-46(52)47-26-15-29-50(58)54(47)62/h1-36H. The molecule has 62 heavy (non-hydrogen) atoms. The van der Waals surface area contributed by atoms with Gasteiger partial charge in [0.15, 0.2) is 17.5 Å². The fourth-order valence-corrected chi connectivity index (χ4v) is 10.4. The van der Waals surface area contributed by atoms with Crippen molar-refractivity contribution in [2.75, 3.05) is 0 Å². The Bertz CT molecular complexity index is 3530. The van der Waals surface area contributed by atoms with Crippen molar-refractivity contribution in [2.45, 2.75) is 5.41 Å². The lowest BCUT2D eigenvalue weighted by Crippen LogP contribution is -2.33. The van der Waals surface area contributed by atoms with Gasteiger partial charge in [-0.1, -0.05) is 188 Å². The second kappa shape index (κ2) is 13.4. The molecule has 2 aliphatic rings. The van der Waals surface area contributed by atoms with Crippen molar-refractivity contribution in [3.05, 3.63) is 241 Å². The molecule has 0 radical (unpaired) electrons. The number of para-hydroxylation sites is 3. The van der Waals surface area contributed by atoms with Gasteiger partial charge >= 0.3 is 0 Å². The average molecular weight is 789 g/mol. The zero-order valence-electron chi connectivity index (χ0n) is 33.6. The fourth-order valence-electron chi connectivity index (χ4n) is 10.4. The second-order valence-corrected chi connectivity index (χ2v) is 16.3. The Balaban J connectivity index is 0.964. The van der Waals surface area contributed by atoms with E-state index < -0.39 is 5.41 Å². The molecule has 1 atom stereocenters. The molecule has 0 saturated carbocycles. The maximum absolute atomic E-state index is 5.02. The molecule has 0 amide bonds. The molecule has 1 spiro atoms. The van der Waals surface area contributed by atoms with Gasteiger partial charge in [-0.3, -0.25) is 0 Å². The number of nitrogens with zero attached hydrogens (tertiary/aromatic N) is 4. The largest absolute Gasteiger partial charge is 0.309 e. The lowest BCUT2D eigenvalue weighted by atomic mass is 9.65. The summed E-state index contributed by atoms with van der Waals surface area (Å²) >= 11 is 0. The van der Waals surface area contributed by atoms with E-state index in [1.165, 1.54) is 66.4 Å². The summed E-state index contributed by atoms with van der Waals surface area (Å²) in [6.45, 7) is 0. The van der Waals surface area contributed by atoms with Crippen LogP contribution in [0.5, 0.6) is 0 Å². The van der Waals surface area contributed by atoms with Gasteiger partial charge in [-0.2, -0.15) is 0 Å². The van der Waals surface area contributed by atoms with Crippen LogP contribution in [-0.4, -0.2) is 19.5 Å². The maximum Gasteiger partial charge on any atom is 0.164 e. The molecular weight excluding hydrogens is 753 g/mol. The minimum Gasteiger partial charge on any atom is -0.309 e. The Hall–Kier alpha value is -8.21. The van der Waals surface area contributed by atoms with Gasteiger partial charge < -0.3 is 4.57 Å². The fraction of sp³-hybridized carbons (Fsp3) is 0.0172. The molecule has 1 aliphatic carbocycles. The second-order valence-electron chi connectivity index (χ2n) is 16.3. The van der Waals surface area contributed by atoms with Crippen LogP contribution in [0, 0.1) is 0 Å². The molecule has 3 heterocycles. The van der Waals surface area contributed by atoms with Gasteiger partial charge in [-0.25, -0.2) is 15.0 Å². The Morgan fingerprint density at radius 3 is 1.52 bits per heavy atom. The molecule has 2 aromatic heterocycles. The summed E-state index contributed by atoms with van der Waals surface area (Å²) in [7, 11) is 0. The summed E-state index contributed by atoms with van der Waals surface area (Å²) < 4.78 is 2.50. The quantitative estimate of drug-likeness (QED) is 0.174. The van der Waals surface area contributed by atoms with Crippen LogP contribution in [0.15, 0.2) is 218 Å². The Kier molecular flexibility index (Phi) is 7.49. The van der Waals surface area contributed by atoms with Crippen LogP contribution >= 0.6 is 0 Å². The molecule has 4 heteroatoms. The minimum atomic E-state index is -0.504. The maximum atomic E-state index is 5.02. The third kappa shape index (κ3) is 4.98. The van der Waals surface area contributed by atoms with Crippen molar-refractivity contribution in [1.82, 2.24) is 19.5 Å². The highest BCUT2D eigenvalue weighted by atomic mass is 15.0. The SMILES string of the molecule is c1ccc(-c2nc(-c3ccccc3)nc(-c3cccc(-c4cccc(-c5ccc6c(c5)C5(c7ccccc7-6)c6ccccc6-n6c7ccccc7c7cccc5c76)c4)c3)n2)cc1. The third-order valence-electron chi connectivity index (χ3n) is 13.0. The zero-order chi connectivity index (χ0) is 40.8. The predicted octanol–water partition coefficient (Wildman–Crippen LogP) is 14.0. The summed E-state index contributed by atoms with van der Waals surface area (Å²) in [6, 6.07) is 78.8. The van der Waals surface area contributed by atoms with Crippen LogP contribution in [0.2, 0.25) is 0 Å². The lowest BCUT2D eigenvalue weighted by Gasteiger charge is -2.39. The van der Waals surface area contributed by atoms with E-state index in [0.717, 1.165) is 33.4 Å². The summed E-state index contributed by atoms with van der Waals surface area (Å²) in [6.07, 6.45) is 0. The molecule has 0 saturated heterocycles. The first-order valence-electron chi connectivity index (χ1n) is 21.2. The first-order chi connectivity index (χ1) is 30.7. The van der Waals surface area contributed by atoms with E-state index in [-0.39, 0.29) is 0 Å². The van der Waals surface area contributed by atoms with Crippen molar-refractivity contribution in [3.8, 4) is 73.2 Å². The molecule has 0 N–H and O–H groups in total. The van der Waals surface area contributed by atoms with Crippen molar-refractivity contribution in [2.24, 2.45) is 0 Å². The molecule has 4 nitrogen and oxygen atoms in total. The van der Waals surface area contributed by atoms with E-state index in [1.807, 2.05) is 60.7 Å². The molecule has 11 aromatic rings. The minimum absolute atomic E-state index is 0.504. The Labute approximate surface area is 359 Å². The summed E-state index contributed by atoms with van der Waals surface area (Å²) in [5, 5.41) is 2.56. The number of aromatic nitrogens is 4. The summed E-state index contributed by atoms with van der Waals surface area (Å²) in [5.74, 6) is 1.94. The van der Waals surface area contributed by atoms with Gasteiger partial charge in [0.05, 0.1) is 22.1 Å². The van der Waals surface area contributed by atoms with E-state index >= 15 is 0 Å². The zero-order valence-corrected chi connectivity index (χ0v) is 33.6. The molecule has 0 bridgehead atoms. The van der Waals surface area contributed by atoms with Gasteiger partial charge in [0, 0.05) is 27.5 Å². The number of fused-ring (bicyclic) bond motifs is 12. The molecule has 1 unspecified atom stereocenters. The monoisotopic (exact) mass is 788 g/mol. The van der Waals surface area contributed by atoms with Crippen LogP contribution < -0.4 is 0 Å². The van der Waals surface area contributed by atoms with E-state index in [4.69, 9.17) is 15.0 Å². The van der Waals surface area contributed by atoms with E-state index in [9.17, 15) is 0 Å². The number of benzene rings is 9. The lowest BCUT2D eigenvalue weighted by molar-refractivity contribution is 0.749. The highest BCUT2D eigenvalue weighted by Gasteiger charge is 2.50. The van der Waals surface area contributed by atoms with Crippen molar-refractivity contribution < 1.29 is 0 Å². The van der Waals surface area contributed by atoms with Crippen molar-refractivity contribution in [3.63, 3.8) is 0 Å². The first-order valence-corrected chi connectivity index (χ1v) is 21.2. The topological polar surface area (TPSA) is 43.6 Å². The van der Waals surface area contributed by atoms with Crippen LogP contribution in [0.25, 0.3) is 95.0 Å². The molecule has 1 aliphatic heterocycles. The van der Waals surface area contributed by atoms with Gasteiger partial charge in [-0.05, 0) is 86.0 Å². The van der Waals surface area contributed by atoms with Gasteiger partial charge in [0.25, 0.3) is 0 Å². The van der Waals surface area contributed by atoms with Gasteiger partial charge in [0.2, 0.25) is 0 Å². The van der Waals surface area contributed by atoms with E-state index in [0.29, 0.717) is 17.5 Å². The van der Waals surface area contributed by atoms with Gasteiger partial charge in [0.1, 0.15) is 0 Å². The van der Waals surface area contributed by atoms with Crippen LogP contribution in [-0.2, 0) is 5.41 Å². The Morgan fingerprint density at radius 1 is 0.306 bits per heavy atom. The smallest absolute Gasteiger partial charge is 0.164 e. The van der Waals surface area contributed by atoms with Gasteiger partial charge in [-0.15, -0.1) is 0 Å². The number of hydrogen-bond acceptors (Lipinski definition) is 3. The Morgan fingerprint density at radius 2 is 0.790 bits per heavy atom. The van der Waals surface area contributed by atoms with Crippen LogP contribution in [0.1, 0.15) is 22.3 Å². The highest BCUT2D eigenvalue weighted by molar-refractivity contribution is 6.13. The number of rotatable bonds is 5. The van der Waals surface area contributed by atoms with E-state index in [2.05, 4.69) is 162 Å². The first kappa shape index (κ1) is 34.6. The van der Waals surface area contributed by atoms with Crippen LogP contribution in [0.3, 0.4) is 0 Å². The normalized spacial score (nSPS) is 14.5. The molecule has 9 aromatic carbocycles. The number of hydrogen-bond donors (Lipinski definition) is 0. The van der Waals surface area contributed by atoms with Crippen LogP contribution in [0.4, 0.5) is 0 Å². The highest BCUT2D eigenvalue weighted by Crippen LogP contribution is 2.61. The van der Waals surface area contributed by atoms with E-state index in [1.54, 1.807) is 0 Å². The third-order valence-corrected chi connectivity index (χ3v) is 13.0. The van der Waals surface area contributed by atoms with Crippen molar-refractivity contribution in [1.29, 1.82) is 0 Å². The molecular formula is C58H36N4. The predicted molar refractivity (Wildman–Crippen MR) is 252 cm³/mol. The van der Waals surface area contributed by atoms with Crippen molar-refractivity contribution >= 4 is 21.8 Å². The summed E-state index contributed by atoms with van der Waals surface area (Å²) in [4.78, 5) is 15.0. The molecule has 0 fully saturated rings. The molecule has 288 valence electrons. The summed E-state index contributed by atoms with van der Waals surface area (Å²) in [5.41, 5.74) is 18.5. The average Bonchev–Trinajstić information content (AvgIpc) is 3.85. The molecule has 13 rings (SSSR count).